The van der Waals surface area contributed by atoms with Crippen LogP contribution >= 0.6 is 0 Å². The Morgan fingerprint density at radius 1 is 0.441 bits per heavy atom. The molecular weight excluding hydrogens is 428 g/mol. The van der Waals surface area contributed by atoms with Gasteiger partial charge in [-0.25, -0.2) is 0 Å². The van der Waals surface area contributed by atoms with E-state index in [1.54, 1.807) is 60.7 Å². The molecule has 0 spiro atoms. The number of aliphatic hydroxyl groups is 2. The summed E-state index contributed by atoms with van der Waals surface area (Å²) in [5, 5.41) is 20.6. The fraction of sp³-hybridized carbons (Fsp3) is 0.0690. The van der Waals surface area contributed by atoms with Crippen molar-refractivity contribution in [2.24, 2.45) is 0 Å². The maximum atomic E-state index is 12.9. The molecule has 4 aromatic rings. The fourth-order valence-corrected chi connectivity index (χ4v) is 3.63. The van der Waals surface area contributed by atoms with Crippen molar-refractivity contribution in [1.29, 1.82) is 0 Å². The highest BCUT2D eigenvalue weighted by atomic mass is 16.3. The number of ketones is 3. The van der Waals surface area contributed by atoms with Gasteiger partial charge in [0.05, 0.1) is 0 Å². The third-order valence-corrected chi connectivity index (χ3v) is 5.59. The molecule has 0 aliphatic heterocycles. The van der Waals surface area contributed by atoms with Crippen molar-refractivity contribution in [3.63, 3.8) is 0 Å². The van der Waals surface area contributed by atoms with E-state index in [-0.39, 0.29) is 5.78 Å². The third-order valence-electron chi connectivity index (χ3n) is 5.59. The van der Waals surface area contributed by atoms with Crippen molar-refractivity contribution >= 4 is 17.3 Å². The molecule has 0 aliphatic carbocycles. The number of rotatable bonds is 8. The predicted molar refractivity (Wildman–Crippen MR) is 128 cm³/mol. The Balaban J connectivity index is 1.46. The number of carbonyl (C=O) groups is 3. The van der Waals surface area contributed by atoms with Crippen LogP contribution in [-0.4, -0.2) is 27.6 Å². The molecule has 0 bridgehead atoms. The van der Waals surface area contributed by atoms with Crippen LogP contribution in [0, 0.1) is 0 Å². The Hall–Kier alpha value is -4.19. The first-order valence-electron chi connectivity index (χ1n) is 10.7. The van der Waals surface area contributed by atoms with Gasteiger partial charge in [0.15, 0.2) is 17.3 Å². The zero-order chi connectivity index (χ0) is 24.1. The molecule has 4 aromatic carbocycles. The molecule has 0 saturated heterocycles. The van der Waals surface area contributed by atoms with E-state index in [0.29, 0.717) is 33.4 Å². The van der Waals surface area contributed by atoms with Gasteiger partial charge in [0.1, 0.15) is 12.2 Å². The molecule has 0 saturated carbocycles. The highest BCUT2D eigenvalue weighted by Crippen LogP contribution is 2.21. The van der Waals surface area contributed by atoms with Crippen molar-refractivity contribution in [3.05, 3.63) is 143 Å². The van der Waals surface area contributed by atoms with Gasteiger partial charge in [-0.05, 0) is 11.1 Å². The summed E-state index contributed by atoms with van der Waals surface area (Å²) in [4.78, 5) is 38.0. The second-order valence-corrected chi connectivity index (χ2v) is 7.84. The van der Waals surface area contributed by atoms with Crippen molar-refractivity contribution in [3.8, 4) is 0 Å². The Labute approximate surface area is 197 Å². The molecule has 0 aromatic heterocycles. The highest BCUT2D eigenvalue weighted by molar-refractivity contribution is 6.10. The number of hydrogen-bond acceptors (Lipinski definition) is 5. The minimum atomic E-state index is -1.28. The fourth-order valence-electron chi connectivity index (χ4n) is 3.63. The molecule has 34 heavy (non-hydrogen) atoms. The molecule has 2 unspecified atom stereocenters. The summed E-state index contributed by atoms with van der Waals surface area (Å²) in [6.45, 7) is 0. The average molecular weight is 450 g/mol. The molecule has 0 aliphatic rings. The van der Waals surface area contributed by atoms with Gasteiger partial charge in [-0.15, -0.1) is 0 Å². The van der Waals surface area contributed by atoms with E-state index < -0.39 is 23.8 Å². The molecular formula is C29H22O5. The maximum absolute atomic E-state index is 12.9. The van der Waals surface area contributed by atoms with Crippen molar-refractivity contribution in [2.75, 3.05) is 0 Å². The van der Waals surface area contributed by atoms with Crippen LogP contribution in [0.1, 0.15) is 60.0 Å². The third kappa shape index (κ3) is 4.91. The number of Topliss-reactive ketones (excluding diaryl/α,β-unsaturated/α-hetero) is 2. The lowest BCUT2D eigenvalue weighted by atomic mass is 9.95. The number of benzene rings is 4. The molecule has 2 N–H and O–H groups in total. The van der Waals surface area contributed by atoms with Crippen molar-refractivity contribution < 1.29 is 24.6 Å². The standard InChI is InChI=1S/C29H22O5/c30-25(21-11-15-23(16-12-21)28(33)26(31)19-7-3-1-4-8-19)22-13-17-24(18-14-22)29(34)27(32)20-9-5-2-6-10-20/h1-18,26-27,31-32H. The van der Waals surface area contributed by atoms with Crippen LogP contribution < -0.4 is 0 Å². The zero-order valence-electron chi connectivity index (χ0n) is 18.2. The summed E-state index contributed by atoms with van der Waals surface area (Å²) in [6.07, 6.45) is -2.56. The Kier molecular flexibility index (Phi) is 6.87. The zero-order valence-corrected chi connectivity index (χ0v) is 18.2. The molecule has 4 rings (SSSR count). The second kappa shape index (κ2) is 10.2. The summed E-state index contributed by atoms with van der Waals surface area (Å²) in [5.41, 5.74) is 2.33. The minimum absolute atomic E-state index is 0.273. The number of aliphatic hydroxyl groups excluding tert-OH is 2. The van der Waals surface area contributed by atoms with E-state index in [2.05, 4.69) is 0 Å². The van der Waals surface area contributed by atoms with Gasteiger partial charge in [0.25, 0.3) is 0 Å². The van der Waals surface area contributed by atoms with Gasteiger partial charge >= 0.3 is 0 Å². The second-order valence-electron chi connectivity index (χ2n) is 7.84. The predicted octanol–water partition coefficient (Wildman–Crippen LogP) is 4.75. The number of hydrogen-bond donors (Lipinski definition) is 2. The Morgan fingerprint density at radius 2 is 0.735 bits per heavy atom. The van der Waals surface area contributed by atoms with Crippen LogP contribution in [0.25, 0.3) is 0 Å². The molecule has 5 heteroatoms. The molecule has 168 valence electrons. The van der Waals surface area contributed by atoms with E-state index in [1.807, 2.05) is 0 Å². The first kappa shape index (κ1) is 23.0. The van der Waals surface area contributed by atoms with Crippen LogP contribution in [0.2, 0.25) is 0 Å². The lowest BCUT2D eigenvalue weighted by Crippen LogP contribution is -2.13. The average Bonchev–Trinajstić information content (AvgIpc) is 2.92. The first-order valence-corrected chi connectivity index (χ1v) is 10.7. The smallest absolute Gasteiger partial charge is 0.195 e. The quantitative estimate of drug-likeness (QED) is 0.378. The summed E-state index contributed by atoms with van der Waals surface area (Å²) in [6, 6.07) is 29.4. The van der Waals surface area contributed by atoms with Crippen molar-refractivity contribution in [2.45, 2.75) is 12.2 Å². The van der Waals surface area contributed by atoms with E-state index in [1.165, 1.54) is 48.5 Å². The van der Waals surface area contributed by atoms with Gasteiger partial charge < -0.3 is 10.2 Å². The Bertz CT molecular complexity index is 1190. The normalized spacial score (nSPS) is 12.5. The van der Waals surface area contributed by atoms with E-state index >= 15 is 0 Å². The molecule has 0 heterocycles. The SMILES string of the molecule is O=C(c1ccc(C(=O)C(O)c2ccccc2)cc1)c1ccc(C(=O)C(O)c2ccccc2)cc1. The Morgan fingerprint density at radius 3 is 1.06 bits per heavy atom. The van der Waals surface area contributed by atoms with E-state index in [0.717, 1.165) is 0 Å². The van der Waals surface area contributed by atoms with Crippen LogP contribution in [0.5, 0.6) is 0 Å². The molecule has 0 radical (unpaired) electrons. The van der Waals surface area contributed by atoms with Gasteiger partial charge in [-0.3, -0.25) is 14.4 Å². The lowest BCUT2D eigenvalue weighted by Gasteiger charge is -2.11. The first-order chi connectivity index (χ1) is 16.5. The topological polar surface area (TPSA) is 91.7 Å². The molecule has 0 amide bonds. The van der Waals surface area contributed by atoms with Crippen LogP contribution in [0.3, 0.4) is 0 Å². The lowest BCUT2D eigenvalue weighted by molar-refractivity contribution is 0.0743. The summed E-state index contributed by atoms with van der Waals surface area (Å²) >= 11 is 0. The van der Waals surface area contributed by atoms with Crippen LogP contribution in [0.15, 0.2) is 109 Å². The highest BCUT2D eigenvalue weighted by Gasteiger charge is 2.21. The van der Waals surface area contributed by atoms with Crippen LogP contribution in [0.4, 0.5) is 0 Å². The monoisotopic (exact) mass is 450 g/mol. The van der Waals surface area contributed by atoms with Crippen molar-refractivity contribution in [1.82, 2.24) is 0 Å². The van der Waals surface area contributed by atoms with Gasteiger partial charge in [-0.1, -0.05) is 109 Å². The molecule has 2 atom stereocenters. The largest absolute Gasteiger partial charge is 0.380 e. The molecule has 0 fully saturated rings. The van der Waals surface area contributed by atoms with Crippen LogP contribution in [-0.2, 0) is 0 Å². The maximum Gasteiger partial charge on any atom is 0.195 e. The van der Waals surface area contributed by atoms with Gasteiger partial charge in [0.2, 0.25) is 0 Å². The van der Waals surface area contributed by atoms with E-state index in [4.69, 9.17) is 0 Å². The summed E-state index contributed by atoms with van der Waals surface area (Å²) < 4.78 is 0. The summed E-state index contributed by atoms with van der Waals surface area (Å²) in [7, 11) is 0. The van der Waals surface area contributed by atoms with E-state index in [9.17, 15) is 24.6 Å². The summed E-state index contributed by atoms with van der Waals surface area (Å²) in [5.74, 6) is -1.18. The minimum Gasteiger partial charge on any atom is -0.380 e. The van der Waals surface area contributed by atoms with Gasteiger partial charge in [-0.2, -0.15) is 0 Å². The number of carbonyl (C=O) groups excluding carboxylic acids is 3. The molecule has 5 nitrogen and oxygen atoms in total. The van der Waals surface area contributed by atoms with Gasteiger partial charge in [0, 0.05) is 22.3 Å².